The van der Waals surface area contributed by atoms with E-state index < -0.39 is 0 Å². The van der Waals surface area contributed by atoms with Gasteiger partial charge < -0.3 is 14.2 Å². The van der Waals surface area contributed by atoms with Crippen molar-refractivity contribution in [3.8, 4) is 17.2 Å². The van der Waals surface area contributed by atoms with Crippen LogP contribution in [0.3, 0.4) is 0 Å². The van der Waals surface area contributed by atoms with Crippen molar-refractivity contribution in [2.45, 2.75) is 4.83 Å². The van der Waals surface area contributed by atoms with E-state index in [0.29, 0.717) is 0 Å². The summed E-state index contributed by atoms with van der Waals surface area (Å²) in [6.07, 6.45) is 0. The molecule has 0 aliphatic rings. The summed E-state index contributed by atoms with van der Waals surface area (Å²) in [7, 11) is 4.96. The summed E-state index contributed by atoms with van der Waals surface area (Å²) in [4.78, 5) is -0.0252. The minimum atomic E-state index is -0.0252. The van der Waals surface area contributed by atoms with E-state index in [-0.39, 0.29) is 4.83 Å². The molecule has 0 aliphatic carbocycles. The van der Waals surface area contributed by atoms with Gasteiger partial charge in [0.25, 0.3) is 0 Å². The Morgan fingerprint density at radius 3 is 2.00 bits per heavy atom. The molecular weight excluding hydrogens is 400 g/mol. The summed E-state index contributed by atoms with van der Waals surface area (Å²) in [6, 6.07) is 11.6. The molecule has 21 heavy (non-hydrogen) atoms. The first-order valence-corrected chi connectivity index (χ1v) is 8.01. The van der Waals surface area contributed by atoms with E-state index in [1.807, 2.05) is 36.4 Å². The van der Waals surface area contributed by atoms with Crippen molar-refractivity contribution in [3.63, 3.8) is 0 Å². The molecule has 0 aromatic heterocycles. The van der Waals surface area contributed by atoms with E-state index in [9.17, 15) is 0 Å². The number of benzene rings is 2. The van der Waals surface area contributed by atoms with Gasteiger partial charge in [0.2, 0.25) is 0 Å². The Labute approximate surface area is 141 Å². The van der Waals surface area contributed by atoms with Crippen molar-refractivity contribution in [1.82, 2.24) is 0 Å². The van der Waals surface area contributed by atoms with Gasteiger partial charge in [-0.05, 0) is 35.9 Å². The van der Waals surface area contributed by atoms with Crippen LogP contribution in [0.25, 0.3) is 0 Å². The van der Waals surface area contributed by atoms with E-state index >= 15 is 0 Å². The monoisotopic (exact) mass is 414 g/mol. The van der Waals surface area contributed by atoms with Crippen molar-refractivity contribution in [3.05, 3.63) is 52.0 Å². The second kappa shape index (κ2) is 7.18. The highest BCUT2D eigenvalue weighted by molar-refractivity contribution is 9.11. The molecule has 2 aromatic carbocycles. The standard InChI is InChI=1S/C16H16Br2O3/c1-19-10-5-7-15(21-3)13(8-10)16(18)12-6-4-11(20-2)9-14(12)17/h4-9,16H,1-3H3. The number of hydrogen-bond donors (Lipinski definition) is 0. The van der Waals surface area contributed by atoms with E-state index in [4.69, 9.17) is 14.2 Å². The molecule has 0 heterocycles. The smallest absolute Gasteiger partial charge is 0.123 e. The molecule has 0 aliphatic heterocycles. The van der Waals surface area contributed by atoms with Crippen LogP contribution < -0.4 is 14.2 Å². The minimum Gasteiger partial charge on any atom is -0.497 e. The fraction of sp³-hybridized carbons (Fsp3) is 0.250. The molecule has 0 spiro atoms. The first kappa shape index (κ1) is 16.2. The Bertz CT molecular complexity index is 629. The Morgan fingerprint density at radius 1 is 0.810 bits per heavy atom. The summed E-state index contributed by atoms with van der Waals surface area (Å²) in [5, 5.41) is 0. The summed E-state index contributed by atoms with van der Waals surface area (Å²) in [6.45, 7) is 0. The Kier molecular flexibility index (Phi) is 5.53. The van der Waals surface area contributed by atoms with Crippen LogP contribution in [0.2, 0.25) is 0 Å². The van der Waals surface area contributed by atoms with Gasteiger partial charge in [-0.15, -0.1) is 0 Å². The topological polar surface area (TPSA) is 27.7 Å². The van der Waals surface area contributed by atoms with Crippen molar-refractivity contribution in [1.29, 1.82) is 0 Å². The number of hydrogen-bond acceptors (Lipinski definition) is 3. The molecular formula is C16H16Br2O3. The molecule has 3 nitrogen and oxygen atoms in total. The second-order valence-electron chi connectivity index (χ2n) is 4.36. The average Bonchev–Trinajstić information content (AvgIpc) is 2.53. The first-order valence-electron chi connectivity index (χ1n) is 6.30. The molecule has 0 N–H and O–H groups in total. The minimum absolute atomic E-state index is 0.0252. The van der Waals surface area contributed by atoms with Crippen LogP contribution in [0.5, 0.6) is 17.2 Å². The van der Waals surface area contributed by atoms with Gasteiger partial charge >= 0.3 is 0 Å². The fourth-order valence-corrected chi connectivity index (χ4v) is 3.70. The zero-order valence-electron chi connectivity index (χ0n) is 12.0. The van der Waals surface area contributed by atoms with E-state index in [0.717, 1.165) is 32.8 Å². The summed E-state index contributed by atoms with van der Waals surface area (Å²) < 4.78 is 16.9. The van der Waals surface area contributed by atoms with Crippen molar-refractivity contribution in [2.75, 3.05) is 21.3 Å². The zero-order chi connectivity index (χ0) is 15.4. The van der Waals surface area contributed by atoms with Crippen molar-refractivity contribution >= 4 is 31.9 Å². The lowest BCUT2D eigenvalue weighted by Gasteiger charge is -2.17. The number of rotatable bonds is 5. The molecule has 0 saturated heterocycles. The highest BCUT2D eigenvalue weighted by Crippen LogP contribution is 2.41. The third-order valence-corrected chi connectivity index (χ3v) is 4.86. The lowest BCUT2D eigenvalue weighted by molar-refractivity contribution is 0.399. The molecule has 0 amide bonds. The van der Waals surface area contributed by atoms with Crippen molar-refractivity contribution in [2.24, 2.45) is 0 Å². The maximum Gasteiger partial charge on any atom is 0.123 e. The zero-order valence-corrected chi connectivity index (χ0v) is 15.2. The molecule has 0 saturated carbocycles. The van der Waals surface area contributed by atoms with Gasteiger partial charge in [0.1, 0.15) is 17.2 Å². The van der Waals surface area contributed by atoms with Crippen LogP contribution in [0.1, 0.15) is 16.0 Å². The summed E-state index contributed by atoms with van der Waals surface area (Å²) >= 11 is 7.33. The van der Waals surface area contributed by atoms with Gasteiger partial charge in [-0.3, -0.25) is 0 Å². The molecule has 0 radical (unpaired) electrons. The highest BCUT2D eigenvalue weighted by atomic mass is 79.9. The maximum absolute atomic E-state index is 5.45. The average molecular weight is 416 g/mol. The molecule has 0 fully saturated rings. The van der Waals surface area contributed by atoms with Crippen LogP contribution in [0.15, 0.2) is 40.9 Å². The van der Waals surface area contributed by atoms with Crippen molar-refractivity contribution < 1.29 is 14.2 Å². The summed E-state index contributed by atoms with van der Waals surface area (Å²) in [5.41, 5.74) is 2.09. The van der Waals surface area contributed by atoms with E-state index in [2.05, 4.69) is 31.9 Å². The van der Waals surface area contributed by atoms with E-state index in [1.54, 1.807) is 21.3 Å². The van der Waals surface area contributed by atoms with Gasteiger partial charge in [-0.25, -0.2) is 0 Å². The van der Waals surface area contributed by atoms with Gasteiger partial charge in [0.15, 0.2) is 0 Å². The van der Waals surface area contributed by atoms with Gasteiger partial charge in [0.05, 0.1) is 26.2 Å². The normalized spacial score (nSPS) is 11.9. The molecule has 1 atom stereocenters. The van der Waals surface area contributed by atoms with Gasteiger partial charge in [-0.1, -0.05) is 37.9 Å². The fourth-order valence-electron chi connectivity index (χ4n) is 2.05. The third kappa shape index (κ3) is 3.52. The molecule has 5 heteroatoms. The largest absolute Gasteiger partial charge is 0.497 e. The number of methoxy groups -OCH3 is 3. The Balaban J connectivity index is 2.45. The SMILES string of the molecule is COc1ccc(C(Br)c2cc(OC)ccc2OC)c(Br)c1. The van der Waals surface area contributed by atoms with Crippen LogP contribution in [0.4, 0.5) is 0 Å². The van der Waals surface area contributed by atoms with Crippen LogP contribution in [-0.2, 0) is 0 Å². The highest BCUT2D eigenvalue weighted by Gasteiger charge is 2.19. The molecule has 2 aromatic rings. The van der Waals surface area contributed by atoms with Gasteiger partial charge in [-0.2, -0.15) is 0 Å². The maximum atomic E-state index is 5.45. The molecule has 0 bridgehead atoms. The quantitative estimate of drug-likeness (QED) is 0.646. The lowest BCUT2D eigenvalue weighted by atomic mass is 10.0. The Hall–Kier alpha value is -1.20. The molecule has 2 rings (SSSR count). The number of ether oxygens (including phenoxy) is 3. The van der Waals surface area contributed by atoms with Crippen LogP contribution in [-0.4, -0.2) is 21.3 Å². The van der Waals surface area contributed by atoms with Crippen LogP contribution in [0, 0.1) is 0 Å². The van der Waals surface area contributed by atoms with Gasteiger partial charge in [0, 0.05) is 10.0 Å². The predicted molar refractivity (Wildman–Crippen MR) is 91.0 cm³/mol. The summed E-state index contributed by atoms with van der Waals surface area (Å²) in [5.74, 6) is 2.41. The lowest BCUT2D eigenvalue weighted by Crippen LogP contribution is -1.99. The number of alkyl halides is 1. The molecule has 112 valence electrons. The second-order valence-corrected chi connectivity index (χ2v) is 6.13. The van der Waals surface area contributed by atoms with E-state index in [1.165, 1.54) is 0 Å². The first-order chi connectivity index (χ1) is 10.1. The van der Waals surface area contributed by atoms with Crippen LogP contribution >= 0.6 is 31.9 Å². The molecule has 1 unspecified atom stereocenters. The predicted octanol–water partition coefficient (Wildman–Crippen LogP) is 4.96. The Morgan fingerprint density at radius 2 is 1.43 bits per heavy atom. The number of halogens is 2. The third-order valence-electron chi connectivity index (χ3n) is 3.19.